The highest BCUT2D eigenvalue weighted by atomic mass is 35.5. The van der Waals surface area contributed by atoms with Crippen molar-refractivity contribution < 1.29 is 0 Å². The fourth-order valence-electron chi connectivity index (χ4n) is 2.06. The van der Waals surface area contributed by atoms with Crippen LogP contribution in [0.1, 0.15) is 6.42 Å². The van der Waals surface area contributed by atoms with Crippen molar-refractivity contribution >= 4 is 28.3 Å². The lowest BCUT2D eigenvalue weighted by molar-refractivity contribution is 0.591. The number of aromatic nitrogens is 4. The van der Waals surface area contributed by atoms with Gasteiger partial charge in [-0.3, -0.25) is 4.68 Å². The molecule has 1 N–H and O–H groups in total. The van der Waals surface area contributed by atoms with Crippen molar-refractivity contribution in [2.24, 2.45) is 0 Å². The van der Waals surface area contributed by atoms with Crippen LogP contribution in [0.2, 0.25) is 5.28 Å². The molecule has 3 rings (SSSR count). The summed E-state index contributed by atoms with van der Waals surface area (Å²) in [5.41, 5.74) is 0.849. The lowest BCUT2D eigenvalue weighted by Gasteiger charge is -2.09. The second-order valence-corrected chi connectivity index (χ2v) is 4.75. The van der Waals surface area contributed by atoms with Crippen molar-refractivity contribution in [1.29, 1.82) is 0 Å². The number of benzene rings is 1. The van der Waals surface area contributed by atoms with Gasteiger partial charge in [0.25, 0.3) is 0 Å². The first-order valence-corrected chi connectivity index (χ1v) is 6.84. The van der Waals surface area contributed by atoms with Crippen molar-refractivity contribution in [1.82, 2.24) is 19.7 Å². The molecular formula is C14H14ClN5. The molecule has 0 aliphatic heterocycles. The number of nitrogens with zero attached hydrogens (tertiary/aromatic N) is 4. The molecule has 5 nitrogen and oxygen atoms in total. The molecule has 0 bridgehead atoms. The Labute approximate surface area is 121 Å². The summed E-state index contributed by atoms with van der Waals surface area (Å²) >= 11 is 5.94. The standard InChI is InChI=1S/C14H14ClN5/c15-14-18-12-6-2-1-5-11(12)13(19-14)16-7-3-9-20-10-4-8-17-20/h1-2,4-6,8,10H,3,7,9H2,(H,16,18,19). The van der Waals surface area contributed by atoms with Gasteiger partial charge in [0.15, 0.2) is 0 Å². The topological polar surface area (TPSA) is 55.6 Å². The average Bonchev–Trinajstić information content (AvgIpc) is 2.96. The molecule has 20 heavy (non-hydrogen) atoms. The number of hydrogen-bond acceptors (Lipinski definition) is 4. The predicted octanol–water partition coefficient (Wildman–Crippen LogP) is 2.98. The van der Waals surface area contributed by atoms with Gasteiger partial charge in [0, 0.05) is 30.9 Å². The van der Waals surface area contributed by atoms with Gasteiger partial charge in [-0.15, -0.1) is 0 Å². The van der Waals surface area contributed by atoms with E-state index < -0.39 is 0 Å². The van der Waals surface area contributed by atoms with Crippen LogP contribution in [0.15, 0.2) is 42.7 Å². The van der Waals surface area contributed by atoms with E-state index in [1.807, 2.05) is 41.2 Å². The molecule has 0 unspecified atom stereocenters. The van der Waals surface area contributed by atoms with E-state index in [4.69, 9.17) is 11.6 Å². The van der Waals surface area contributed by atoms with Crippen molar-refractivity contribution in [3.8, 4) is 0 Å². The molecule has 0 fully saturated rings. The minimum Gasteiger partial charge on any atom is -0.369 e. The van der Waals surface area contributed by atoms with Crippen LogP contribution in [0.5, 0.6) is 0 Å². The van der Waals surface area contributed by atoms with E-state index >= 15 is 0 Å². The van der Waals surface area contributed by atoms with Gasteiger partial charge in [-0.1, -0.05) is 12.1 Å². The van der Waals surface area contributed by atoms with E-state index in [-0.39, 0.29) is 5.28 Å². The molecule has 0 amide bonds. The third-order valence-electron chi connectivity index (χ3n) is 2.99. The first-order valence-electron chi connectivity index (χ1n) is 6.46. The van der Waals surface area contributed by atoms with Gasteiger partial charge < -0.3 is 5.32 Å². The van der Waals surface area contributed by atoms with Crippen LogP contribution >= 0.6 is 11.6 Å². The molecular weight excluding hydrogens is 274 g/mol. The third kappa shape index (κ3) is 2.88. The summed E-state index contributed by atoms with van der Waals surface area (Å²) < 4.78 is 1.91. The summed E-state index contributed by atoms with van der Waals surface area (Å²) in [5.74, 6) is 0.779. The Kier molecular flexibility index (Phi) is 3.78. The lowest BCUT2D eigenvalue weighted by Crippen LogP contribution is -2.08. The van der Waals surface area contributed by atoms with Gasteiger partial charge in [0.05, 0.1) is 5.52 Å². The van der Waals surface area contributed by atoms with Crippen LogP contribution < -0.4 is 5.32 Å². The van der Waals surface area contributed by atoms with Crippen molar-refractivity contribution in [2.45, 2.75) is 13.0 Å². The second-order valence-electron chi connectivity index (χ2n) is 4.41. The fourth-order valence-corrected chi connectivity index (χ4v) is 2.24. The first kappa shape index (κ1) is 12.9. The predicted molar refractivity (Wildman–Crippen MR) is 79.9 cm³/mol. The molecule has 6 heteroatoms. The van der Waals surface area contributed by atoms with Crippen LogP contribution in [0.25, 0.3) is 10.9 Å². The number of hydrogen-bond donors (Lipinski definition) is 1. The summed E-state index contributed by atoms with van der Waals surface area (Å²) in [6.07, 6.45) is 4.69. The minimum absolute atomic E-state index is 0.262. The van der Waals surface area contributed by atoms with Crippen LogP contribution in [0.3, 0.4) is 0 Å². The zero-order valence-corrected chi connectivity index (χ0v) is 11.6. The highest BCUT2D eigenvalue weighted by molar-refractivity contribution is 6.28. The molecule has 1 aromatic carbocycles. The molecule has 0 spiro atoms. The summed E-state index contributed by atoms with van der Waals surface area (Å²) in [6.45, 7) is 1.67. The Morgan fingerprint density at radius 1 is 1.15 bits per heavy atom. The number of fused-ring (bicyclic) bond motifs is 1. The Hall–Kier alpha value is -2.14. The summed E-state index contributed by atoms with van der Waals surface area (Å²) in [5, 5.41) is 8.73. The molecule has 3 aromatic rings. The Bertz CT molecular complexity index is 696. The average molecular weight is 288 g/mol. The third-order valence-corrected chi connectivity index (χ3v) is 3.16. The molecule has 0 aliphatic rings. The van der Waals surface area contributed by atoms with E-state index in [2.05, 4.69) is 20.4 Å². The van der Waals surface area contributed by atoms with E-state index in [1.54, 1.807) is 6.20 Å². The monoisotopic (exact) mass is 287 g/mol. The quantitative estimate of drug-likeness (QED) is 0.579. The molecule has 2 aromatic heterocycles. The molecule has 0 aliphatic carbocycles. The molecule has 102 valence electrons. The van der Waals surface area contributed by atoms with Gasteiger partial charge >= 0.3 is 0 Å². The zero-order chi connectivity index (χ0) is 13.8. The maximum absolute atomic E-state index is 5.94. The van der Waals surface area contributed by atoms with E-state index in [0.717, 1.165) is 36.2 Å². The normalized spacial score (nSPS) is 10.8. The van der Waals surface area contributed by atoms with Gasteiger partial charge in [-0.2, -0.15) is 5.10 Å². The van der Waals surface area contributed by atoms with Crippen molar-refractivity contribution in [3.63, 3.8) is 0 Å². The van der Waals surface area contributed by atoms with Crippen LogP contribution in [0.4, 0.5) is 5.82 Å². The lowest BCUT2D eigenvalue weighted by atomic mass is 10.2. The smallest absolute Gasteiger partial charge is 0.224 e. The number of anilines is 1. The Morgan fingerprint density at radius 3 is 2.90 bits per heavy atom. The zero-order valence-electron chi connectivity index (χ0n) is 10.8. The SMILES string of the molecule is Clc1nc(NCCCn2cccn2)c2ccccc2n1. The Morgan fingerprint density at radius 2 is 2.05 bits per heavy atom. The van der Waals surface area contributed by atoms with Crippen LogP contribution in [-0.4, -0.2) is 26.3 Å². The van der Waals surface area contributed by atoms with Crippen molar-refractivity contribution in [3.05, 3.63) is 48.0 Å². The largest absolute Gasteiger partial charge is 0.369 e. The number of nitrogens with one attached hydrogen (secondary N) is 1. The van der Waals surface area contributed by atoms with Gasteiger partial charge in [-0.25, -0.2) is 9.97 Å². The van der Waals surface area contributed by atoms with E-state index in [9.17, 15) is 0 Å². The van der Waals surface area contributed by atoms with E-state index in [0.29, 0.717) is 0 Å². The molecule has 0 saturated heterocycles. The molecule has 2 heterocycles. The van der Waals surface area contributed by atoms with Crippen LogP contribution in [-0.2, 0) is 6.54 Å². The highest BCUT2D eigenvalue weighted by Crippen LogP contribution is 2.21. The number of halogens is 1. The minimum atomic E-state index is 0.262. The van der Waals surface area contributed by atoms with E-state index in [1.165, 1.54) is 0 Å². The summed E-state index contributed by atoms with van der Waals surface area (Å²) in [6, 6.07) is 9.74. The molecule has 0 saturated carbocycles. The van der Waals surface area contributed by atoms with Gasteiger partial charge in [-0.05, 0) is 36.2 Å². The van der Waals surface area contributed by atoms with Gasteiger partial charge in [0.1, 0.15) is 5.82 Å². The fraction of sp³-hybridized carbons (Fsp3) is 0.214. The van der Waals surface area contributed by atoms with Crippen LogP contribution in [0, 0.1) is 0 Å². The first-order chi connectivity index (χ1) is 9.83. The summed E-state index contributed by atoms with van der Waals surface area (Å²) in [7, 11) is 0. The summed E-state index contributed by atoms with van der Waals surface area (Å²) in [4.78, 5) is 8.46. The van der Waals surface area contributed by atoms with Crippen molar-refractivity contribution in [2.75, 3.05) is 11.9 Å². The maximum Gasteiger partial charge on any atom is 0.224 e. The van der Waals surface area contributed by atoms with Gasteiger partial charge in [0.2, 0.25) is 5.28 Å². The number of aryl methyl sites for hydroxylation is 1. The number of rotatable bonds is 5. The number of para-hydroxylation sites is 1. The molecule has 0 radical (unpaired) electrons. The maximum atomic E-state index is 5.94. The highest BCUT2D eigenvalue weighted by Gasteiger charge is 2.05. The molecule has 0 atom stereocenters. The Balaban J connectivity index is 1.68. The second kappa shape index (κ2) is 5.88.